The van der Waals surface area contributed by atoms with Gasteiger partial charge in [-0.2, -0.15) is 22.3 Å². The molecule has 1 fully saturated rings. The minimum absolute atomic E-state index is 0.00315. The van der Waals surface area contributed by atoms with Crippen LogP contribution in [0.3, 0.4) is 0 Å². The van der Waals surface area contributed by atoms with Crippen LogP contribution < -0.4 is 9.80 Å². The normalized spacial score (nSPS) is 16.3. The number of nitrogens with zero attached hydrogens (tertiary/aromatic N) is 3. The Balaban J connectivity index is 2.17. The number of thiocarbonyl (C=S) groups is 1. The van der Waals surface area contributed by atoms with Gasteiger partial charge in [0.25, 0.3) is 5.91 Å². The number of rotatable bonds is 3. The van der Waals surface area contributed by atoms with Crippen molar-refractivity contribution < 1.29 is 21.9 Å². The van der Waals surface area contributed by atoms with Gasteiger partial charge in [-0.25, -0.2) is 0 Å². The molecular weight excluding hydrogens is 426 g/mol. The Bertz CT molecular complexity index is 1050. The summed E-state index contributed by atoms with van der Waals surface area (Å²) < 4.78 is 53.9. The van der Waals surface area contributed by atoms with E-state index in [0.29, 0.717) is 11.8 Å². The summed E-state index contributed by atoms with van der Waals surface area (Å²) in [6, 6.07) is 10.7. The highest BCUT2D eigenvalue weighted by molar-refractivity contribution is 7.94. The van der Waals surface area contributed by atoms with E-state index in [9.17, 15) is 21.9 Å². The highest BCUT2D eigenvalue weighted by Crippen LogP contribution is 2.42. The van der Waals surface area contributed by atoms with Crippen LogP contribution in [0.5, 0.6) is 0 Å². The van der Waals surface area contributed by atoms with E-state index in [1.807, 2.05) is 0 Å². The van der Waals surface area contributed by atoms with E-state index in [2.05, 4.69) is 0 Å². The van der Waals surface area contributed by atoms with Crippen molar-refractivity contribution in [2.24, 2.45) is 0 Å². The fourth-order valence-corrected chi connectivity index (χ4v) is 3.95. The lowest BCUT2D eigenvalue weighted by atomic mass is 10.0. The average molecular weight is 439 g/mol. The maximum absolute atomic E-state index is 13.6. The van der Waals surface area contributed by atoms with E-state index in [4.69, 9.17) is 17.5 Å². The molecule has 10 heteroatoms. The van der Waals surface area contributed by atoms with Crippen LogP contribution in [0.4, 0.5) is 28.4 Å². The molecule has 1 heterocycles. The van der Waals surface area contributed by atoms with Gasteiger partial charge in [0, 0.05) is 10.6 Å². The Kier molecular flexibility index (Phi) is 5.32. The van der Waals surface area contributed by atoms with Gasteiger partial charge in [0.2, 0.25) is 0 Å². The standard InChI is InChI=1S/C19H13F4N3OS2/c1-18(2)16(27)25(15-7-6-11(10-24)8-14(15)19(20,21)22)17(28)26(18)12-4-3-5-13(9-12)29-23/h3-9H,1-2H3. The monoisotopic (exact) mass is 439 g/mol. The van der Waals surface area contributed by atoms with Crippen LogP contribution in [0.2, 0.25) is 0 Å². The van der Waals surface area contributed by atoms with Gasteiger partial charge in [-0.05, 0) is 62.5 Å². The van der Waals surface area contributed by atoms with Crippen molar-refractivity contribution in [1.29, 1.82) is 5.26 Å². The fourth-order valence-electron chi connectivity index (χ4n) is 3.14. The number of hydrogen-bond acceptors (Lipinski definition) is 4. The van der Waals surface area contributed by atoms with Crippen molar-refractivity contribution in [3.63, 3.8) is 0 Å². The van der Waals surface area contributed by atoms with Gasteiger partial charge in [-0.15, -0.1) is 0 Å². The SMILES string of the molecule is CC1(C)C(=O)N(c2ccc(C#N)cc2C(F)(F)F)C(=S)N1c1cccc(SF)c1. The Hall–Kier alpha value is -2.64. The number of hydrogen-bond donors (Lipinski definition) is 0. The Morgan fingerprint density at radius 1 is 1.17 bits per heavy atom. The summed E-state index contributed by atoms with van der Waals surface area (Å²) in [5, 5.41) is 8.78. The van der Waals surface area contributed by atoms with E-state index in [0.717, 1.165) is 11.0 Å². The predicted molar refractivity (Wildman–Crippen MR) is 106 cm³/mol. The van der Waals surface area contributed by atoms with Gasteiger partial charge >= 0.3 is 6.18 Å². The molecule has 0 radical (unpaired) electrons. The van der Waals surface area contributed by atoms with Crippen molar-refractivity contribution >= 4 is 46.8 Å². The minimum Gasteiger partial charge on any atom is -0.303 e. The smallest absolute Gasteiger partial charge is 0.303 e. The lowest BCUT2D eigenvalue weighted by Crippen LogP contribution is -2.44. The molecule has 1 aliphatic rings. The van der Waals surface area contributed by atoms with Crippen molar-refractivity contribution in [2.75, 3.05) is 9.80 Å². The zero-order valence-electron chi connectivity index (χ0n) is 15.1. The summed E-state index contributed by atoms with van der Waals surface area (Å²) in [4.78, 5) is 15.6. The zero-order valence-corrected chi connectivity index (χ0v) is 16.8. The van der Waals surface area contributed by atoms with Crippen LogP contribution in [0, 0.1) is 11.3 Å². The van der Waals surface area contributed by atoms with E-state index >= 15 is 0 Å². The summed E-state index contributed by atoms with van der Waals surface area (Å²) in [6.07, 6.45) is -4.81. The Morgan fingerprint density at radius 3 is 2.45 bits per heavy atom. The Morgan fingerprint density at radius 2 is 1.86 bits per heavy atom. The molecule has 150 valence electrons. The van der Waals surface area contributed by atoms with Crippen LogP contribution in [-0.2, 0) is 11.0 Å². The molecular formula is C19H13F4N3OS2. The van der Waals surface area contributed by atoms with Gasteiger partial charge in [-0.1, -0.05) is 6.07 Å². The van der Waals surface area contributed by atoms with Crippen LogP contribution in [0.25, 0.3) is 0 Å². The zero-order chi connectivity index (χ0) is 21.6. The highest BCUT2D eigenvalue weighted by Gasteiger charge is 2.52. The molecule has 0 atom stereocenters. The molecule has 29 heavy (non-hydrogen) atoms. The molecule has 0 aliphatic carbocycles. The molecule has 0 bridgehead atoms. The molecule has 2 aromatic carbocycles. The molecule has 0 unspecified atom stereocenters. The lowest BCUT2D eigenvalue weighted by molar-refractivity contribution is -0.137. The third kappa shape index (κ3) is 3.56. The van der Waals surface area contributed by atoms with Crippen molar-refractivity contribution in [2.45, 2.75) is 30.5 Å². The van der Waals surface area contributed by atoms with E-state index < -0.39 is 28.9 Å². The number of alkyl halides is 3. The van der Waals surface area contributed by atoms with Gasteiger partial charge < -0.3 is 4.90 Å². The van der Waals surface area contributed by atoms with Gasteiger partial charge in [-0.3, -0.25) is 9.69 Å². The lowest BCUT2D eigenvalue weighted by Gasteiger charge is -2.29. The van der Waals surface area contributed by atoms with Crippen LogP contribution >= 0.6 is 24.4 Å². The summed E-state index contributed by atoms with van der Waals surface area (Å²) in [6.45, 7) is 3.04. The number of benzene rings is 2. The van der Waals surface area contributed by atoms with E-state index in [-0.39, 0.29) is 27.7 Å². The third-order valence-corrected chi connectivity index (χ3v) is 5.30. The maximum atomic E-state index is 13.6. The number of anilines is 2. The molecule has 4 nitrogen and oxygen atoms in total. The van der Waals surface area contributed by atoms with Crippen molar-refractivity contribution in [1.82, 2.24) is 0 Å². The predicted octanol–water partition coefficient (Wildman–Crippen LogP) is 5.47. The molecule has 1 aliphatic heterocycles. The summed E-state index contributed by atoms with van der Waals surface area (Å²) in [7, 11) is 0. The van der Waals surface area contributed by atoms with Crippen molar-refractivity contribution in [3.8, 4) is 6.07 Å². The van der Waals surface area contributed by atoms with Gasteiger partial charge in [0.1, 0.15) is 5.54 Å². The molecule has 0 N–H and O–H groups in total. The molecule has 0 spiro atoms. The van der Waals surface area contributed by atoms with Crippen LogP contribution in [0.15, 0.2) is 47.4 Å². The molecule has 2 aromatic rings. The number of halogens is 4. The van der Waals surface area contributed by atoms with Gasteiger partial charge in [0.05, 0.1) is 35.0 Å². The second kappa shape index (κ2) is 7.31. The maximum Gasteiger partial charge on any atom is 0.418 e. The quantitative estimate of drug-likeness (QED) is 0.469. The second-order valence-corrected chi connectivity index (χ2v) is 7.72. The summed E-state index contributed by atoms with van der Waals surface area (Å²) in [5.41, 5.74) is -2.73. The first-order chi connectivity index (χ1) is 13.5. The fraction of sp³-hybridized carbons (Fsp3) is 0.211. The second-order valence-electron chi connectivity index (χ2n) is 6.73. The largest absolute Gasteiger partial charge is 0.418 e. The third-order valence-electron chi connectivity index (χ3n) is 4.50. The number of amides is 1. The van der Waals surface area contributed by atoms with Crippen LogP contribution in [0.1, 0.15) is 25.0 Å². The highest BCUT2D eigenvalue weighted by atomic mass is 32.2. The first-order valence-corrected chi connectivity index (χ1v) is 9.33. The molecule has 0 saturated carbocycles. The molecule has 1 saturated heterocycles. The topological polar surface area (TPSA) is 47.3 Å². The molecule has 0 aromatic heterocycles. The summed E-state index contributed by atoms with van der Waals surface area (Å²) in [5.74, 6) is -0.670. The average Bonchev–Trinajstić information content (AvgIpc) is 2.85. The van der Waals surface area contributed by atoms with E-state index in [1.54, 1.807) is 18.2 Å². The van der Waals surface area contributed by atoms with Crippen LogP contribution in [-0.4, -0.2) is 16.6 Å². The first kappa shape index (κ1) is 21.1. The molecule has 3 rings (SSSR count). The Labute approximate surface area is 174 Å². The minimum atomic E-state index is -4.81. The van der Waals surface area contributed by atoms with Crippen molar-refractivity contribution in [3.05, 3.63) is 53.6 Å². The number of nitriles is 1. The molecule has 1 amide bonds. The van der Waals surface area contributed by atoms with E-state index in [1.165, 1.54) is 36.9 Å². The number of carbonyl (C=O) groups is 1. The number of carbonyl (C=O) groups excluding carboxylic acids is 1. The summed E-state index contributed by atoms with van der Waals surface area (Å²) >= 11 is 5.38. The van der Waals surface area contributed by atoms with Gasteiger partial charge in [0.15, 0.2) is 5.11 Å². The first-order valence-electron chi connectivity index (χ1n) is 8.21.